The summed E-state index contributed by atoms with van der Waals surface area (Å²) in [5.41, 5.74) is 1.31. The van der Waals surface area contributed by atoms with Crippen LogP contribution in [0.5, 0.6) is 0 Å². The Morgan fingerprint density at radius 3 is 2.67 bits per heavy atom. The fourth-order valence-corrected chi connectivity index (χ4v) is 2.45. The first kappa shape index (κ1) is 10.6. The van der Waals surface area contributed by atoms with Gasteiger partial charge in [-0.2, -0.15) is 0 Å². The summed E-state index contributed by atoms with van der Waals surface area (Å²) in [6, 6.07) is 0.665. The number of nitrogens with zero attached hydrogens (tertiary/aromatic N) is 2. The van der Waals surface area contributed by atoms with Crippen molar-refractivity contribution in [2.24, 2.45) is 0 Å². The van der Waals surface area contributed by atoms with E-state index in [9.17, 15) is 0 Å². The van der Waals surface area contributed by atoms with Gasteiger partial charge in [-0.05, 0) is 37.8 Å². The van der Waals surface area contributed by atoms with Crippen LogP contribution in [0.2, 0.25) is 0 Å². The summed E-state index contributed by atoms with van der Waals surface area (Å²) in [7, 11) is 2.06. The zero-order valence-corrected chi connectivity index (χ0v) is 9.32. The predicted octanol–water partition coefficient (Wildman–Crippen LogP) is 2.11. The van der Waals surface area contributed by atoms with Crippen LogP contribution in [0.15, 0.2) is 18.7 Å². The molecule has 82 valence electrons. The second-order valence-corrected chi connectivity index (χ2v) is 4.37. The van der Waals surface area contributed by atoms with E-state index < -0.39 is 0 Å². The minimum Gasteiger partial charge on any atom is -0.317 e. The first-order chi connectivity index (χ1) is 7.40. The van der Waals surface area contributed by atoms with E-state index in [2.05, 4.69) is 22.3 Å². The van der Waals surface area contributed by atoms with E-state index in [1.807, 2.05) is 12.4 Å². The molecular weight excluding hydrogens is 186 g/mol. The highest BCUT2D eigenvalue weighted by atomic mass is 14.9. The number of hydrogen-bond acceptors (Lipinski definition) is 3. The van der Waals surface area contributed by atoms with Gasteiger partial charge in [0.1, 0.15) is 6.33 Å². The Balaban J connectivity index is 2.07. The van der Waals surface area contributed by atoms with Gasteiger partial charge in [0.25, 0.3) is 0 Å². The highest BCUT2D eigenvalue weighted by Crippen LogP contribution is 2.30. The van der Waals surface area contributed by atoms with Gasteiger partial charge < -0.3 is 5.32 Å². The topological polar surface area (TPSA) is 37.8 Å². The first-order valence-electron chi connectivity index (χ1n) is 5.82. The molecule has 0 aromatic carbocycles. The van der Waals surface area contributed by atoms with Crippen LogP contribution in [0.1, 0.15) is 43.6 Å². The average Bonchev–Trinajstić information content (AvgIpc) is 2.55. The van der Waals surface area contributed by atoms with E-state index in [0.29, 0.717) is 12.0 Å². The first-order valence-corrected chi connectivity index (χ1v) is 5.82. The quantitative estimate of drug-likeness (QED) is 0.751. The normalized spacial score (nSPS) is 27.3. The van der Waals surface area contributed by atoms with Crippen molar-refractivity contribution in [1.82, 2.24) is 15.3 Å². The molecule has 0 radical (unpaired) electrons. The highest BCUT2D eigenvalue weighted by molar-refractivity contribution is 5.11. The highest BCUT2D eigenvalue weighted by Gasteiger charge is 2.20. The van der Waals surface area contributed by atoms with Crippen LogP contribution < -0.4 is 5.32 Å². The van der Waals surface area contributed by atoms with Gasteiger partial charge in [-0.3, -0.25) is 0 Å². The molecule has 1 aromatic rings. The van der Waals surface area contributed by atoms with Crippen LogP contribution in [0.4, 0.5) is 0 Å². The lowest BCUT2D eigenvalue weighted by atomic mass is 9.92. The Kier molecular flexibility index (Phi) is 3.67. The molecule has 1 N–H and O–H groups in total. The molecule has 15 heavy (non-hydrogen) atoms. The Morgan fingerprint density at radius 1 is 1.20 bits per heavy atom. The minimum atomic E-state index is 0.645. The van der Waals surface area contributed by atoms with E-state index in [1.165, 1.54) is 37.7 Å². The van der Waals surface area contributed by atoms with Crippen molar-refractivity contribution in [3.05, 3.63) is 24.3 Å². The SMILES string of the molecule is CNC1CCCCC(c2cncnc2)C1. The average molecular weight is 205 g/mol. The van der Waals surface area contributed by atoms with E-state index in [4.69, 9.17) is 0 Å². The fourth-order valence-electron chi connectivity index (χ4n) is 2.45. The summed E-state index contributed by atoms with van der Waals surface area (Å²) in [6.45, 7) is 0. The zero-order chi connectivity index (χ0) is 10.5. The number of nitrogens with one attached hydrogen (secondary N) is 1. The lowest BCUT2D eigenvalue weighted by Crippen LogP contribution is -2.25. The summed E-state index contributed by atoms with van der Waals surface area (Å²) in [5, 5.41) is 3.40. The summed E-state index contributed by atoms with van der Waals surface area (Å²) in [5.74, 6) is 0.645. The Hall–Kier alpha value is -0.960. The summed E-state index contributed by atoms with van der Waals surface area (Å²) >= 11 is 0. The van der Waals surface area contributed by atoms with Gasteiger partial charge in [0.15, 0.2) is 0 Å². The third-order valence-corrected chi connectivity index (χ3v) is 3.38. The fraction of sp³-hybridized carbons (Fsp3) is 0.667. The van der Waals surface area contributed by atoms with E-state index in [-0.39, 0.29) is 0 Å². The van der Waals surface area contributed by atoms with Crippen LogP contribution in [0.3, 0.4) is 0 Å². The maximum absolute atomic E-state index is 4.11. The summed E-state index contributed by atoms with van der Waals surface area (Å²) in [6.07, 6.45) is 12.0. The maximum Gasteiger partial charge on any atom is 0.115 e. The van der Waals surface area contributed by atoms with Gasteiger partial charge in [0, 0.05) is 18.4 Å². The van der Waals surface area contributed by atoms with Gasteiger partial charge in [-0.15, -0.1) is 0 Å². The second-order valence-electron chi connectivity index (χ2n) is 4.37. The largest absolute Gasteiger partial charge is 0.317 e. The van der Waals surface area contributed by atoms with Gasteiger partial charge in [0.05, 0.1) is 0 Å². The summed E-state index contributed by atoms with van der Waals surface area (Å²) in [4.78, 5) is 8.22. The molecule has 0 spiro atoms. The smallest absolute Gasteiger partial charge is 0.115 e. The van der Waals surface area contributed by atoms with Crippen LogP contribution in [0.25, 0.3) is 0 Å². The Morgan fingerprint density at radius 2 is 1.93 bits per heavy atom. The van der Waals surface area contributed by atoms with E-state index in [1.54, 1.807) is 6.33 Å². The van der Waals surface area contributed by atoms with Gasteiger partial charge in [-0.25, -0.2) is 9.97 Å². The third-order valence-electron chi connectivity index (χ3n) is 3.38. The summed E-state index contributed by atoms with van der Waals surface area (Å²) < 4.78 is 0. The molecular formula is C12H19N3. The predicted molar refractivity (Wildman–Crippen MR) is 60.7 cm³/mol. The van der Waals surface area contributed by atoms with Crippen molar-refractivity contribution in [2.75, 3.05) is 7.05 Å². The number of aromatic nitrogens is 2. The van der Waals surface area contributed by atoms with Crippen molar-refractivity contribution in [3.8, 4) is 0 Å². The molecule has 2 unspecified atom stereocenters. The molecule has 1 saturated carbocycles. The molecule has 1 fully saturated rings. The monoisotopic (exact) mass is 205 g/mol. The molecule has 0 aliphatic heterocycles. The van der Waals surface area contributed by atoms with Crippen molar-refractivity contribution >= 4 is 0 Å². The third kappa shape index (κ3) is 2.75. The molecule has 1 aromatic heterocycles. The molecule has 3 heteroatoms. The Labute approximate surface area is 91.3 Å². The maximum atomic E-state index is 4.11. The van der Waals surface area contributed by atoms with Gasteiger partial charge in [0.2, 0.25) is 0 Å². The standard InChI is InChI=1S/C12H19N3/c1-13-12-5-3-2-4-10(6-12)11-7-14-9-15-8-11/h7-10,12-13H,2-6H2,1H3. The molecule has 3 nitrogen and oxygen atoms in total. The minimum absolute atomic E-state index is 0.645. The van der Waals surface area contributed by atoms with Crippen LogP contribution in [-0.4, -0.2) is 23.1 Å². The van der Waals surface area contributed by atoms with Crippen molar-refractivity contribution < 1.29 is 0 Å². The van der Waals surface area contributed by atoms with Gasteiger partial charge >= 0.3 is 0 Å². The lowest BCUT2D eigenvalue weighted by Gasteiger charge is -2.19. The van der Waals surface area contributed by atoms with Crippen LogP contribution >= 0.6 is 0 Å². The zero-order valence-electron chi connectivity index (χ0n) is 9.32. The van der Waals surface area contributed by atoms with E-state index >= 15 is 0 Å². The van der Waals surface area contributed by atoms with Crippen LogP contribution in [0, 0.1) is 0 Å². The molecule has 0 amide bonds. The molecule has 2 rings (SSSR count). The Bertz CT molecular complexity index is 286. The van der Waals surface area contributed by atoms with Crippen molar-refractivity contribution in [3.63, 3.8) is 0 Å². The number of rotatable bonds is 2. The number of hydrogen-bond donors (Lipinski definition) is 1. The molecule has 0 bridgehead atoms. The molecule has 1 aliphatic carbocycles. The van der Waals surface area contributed by atoms with Crippen molar-refractivity contribution in [1.29, 1.82) is 0 Å². The van der Waals surface area contributed by atoms with E-state index in [0.717, 1.165) is 0 Å². The molecule has 2 atom stereocenters. The molecule has 0 saturated heterocycles. The van der Waals surface area contributed by atoms with Crippen LogP contribution in [-0.2, 0) is 0 Å². The second kappa shape index (κ2) is 5.21. The van der Waals surface area contributed by atoms with Crippen molar-refractivity contribution in [2.45, 2.75) is 44.1 Å². The molecule has 1 heterocycles. The van der Waals surface area contributed by atoms with Gasteiger partial charge in [-0.1, -0.05) is 12.8 Å². The lowest BCUT2D eigenvalue weighted by molar-refractivity contribution is 0.470. The molecule has 1 aliphatic rings.